The number of carbonyl (C=O) groups excluding carboxylic acids is 2. The summed E-state index contributed by atoms with van der Waals surface area (Å²) in [5.74, 6) is -0.101. The van der Waals surface area contributed by atoms with Crippen LogP contribution in [-0.2, 0) is 15.7 Å². The van der Waals surface area contributed by atoms with Crippen LogP contribution < -0.4 is 5.32 Å². The number of ether oxygens (including phenoxy) is 1. The zero-order valence-electron chi connectivity index (χ0n) is 16.3. The molecule has 1 fully saturated rings. The average molecular weight is 445 g/mol. The number of benzene rings is 2. The summed E-state index contributed by atoms with van der Waals surface area (Å²) in [5.41, 5.74) is 0.923. The van der Waals surface area contributed by atoms with Crippen LogP contribution in [0.5, 0.6) is 0 Å². The summed E-state index contributed by atoms with van der Waals surface area (Å²) in [5, 5.41) is 3.30. The van der Waals surface area contributed by atoms with Crippen molar-refractivity contribution in [2.24, 2.45) is 0 Å². The standard InChI is InChI=1S/C23H18F3NO3S/c24-23(25,26)15-4-1-13(2-5-15)14-3-6-16-17(11-14)20-21(19(29)18(16)28)31-12-22(30-20)7-9-27-10-8-22/h1-6,11,27H,7-10,12H2. The minimum Gasteiger partial charge on any atom is -0.484 e. The van der Waals surface area contributed by atoms with Crippen molar-refractivity contribution in [2.45, 2.75) is 24.6 Å². The van der Waals surface area contributed by atoms with Gasteiger partial charge in [-0.25, -0.2) is 0 Å². The summed E-state index contributed by atoms with van der Waals surface area (Å²) in [6.45, 7) is 1.63. The molecule has 8 heteroatoms. The van der Waals surface area contributed by atoms with Crippen LogP contribution in [0.4, 0.5) is 13.2 Å². The zero-order chi connectivity index (χ0) is 21.8. The van der Waals surface area contributed by atoms with E-state index in [-0.39, 0.29) is 5.56 Å². The second kappa shape index (κ2) is 7.24. The molecule has 2 aromatic rings. The fraction of sp³-hybridized carbons (Fsp3) is 0.304. The molecule has 2 aliphatic heterocycles. The molecule has 2 heterocycles. The molecule has 0 saturated carbocycles. The fourth-order valence-electron chi connectivity index (χ4n) is 4.22. The van der Waals surface area contributed by atoms with Crippen LogP contribution in [0.25, 0.3) is 16.9 Å². The van der Waals surface area contributed by atoms with Crippen molar-refractivity contribution in [2.75, 3.05) is 18.8 Å². The molecule has 0 radical (unpaired) electrons. The minimum absolute atomic E-state index is 0.269. The van der Waals surface area contributed by atoms with Crippen molar-refractivity contribution >= 4 is 29.1 Å². The molecule has 1 spiro atoms. The quantitative estimate of drug-likeness (QED) is 0.646. The predicted octanol–water partition coefficient (Wildman–Crippen LogP) is 4.69. The van der Waals surface area contributed by atoms with Crippen LogP contribution in [0.1, 0.15) is 34.3 Å². The van der Waals surface area contributed by atoms with E-state index in [4.69, 9.17) is 4.74 Å². The third-order valence-electron chi connectivity index (χ3n) is 5.99. The maximum Gasteiger partial charge on any atom is 0.416 e. The molecule has 1 saturated heterocycles. The Morgan fingerprint density at radius 1 is 0.903 bits per heavy atom. The minimum atomic E-state index is -4.41. The maximum absolute atomic E-state index is 12.9. The van der Waals surface area contributed by atoms with Gasteiger partial charge < -0.3 is 10.1 Å². The van der Waals surface area contributed by atoms with E-state index in [1.165, 1.54) is 23.9 Å². The fourth-order valence-corrected chi connectivity index (χ4v) is 5.48. The van der Waals surface area contributed by atoms with E-state index in [9.17, 15) is 22.8 Å². The normalized spacial score (nSPS) is 20.4. The Labute approximate surface area is 180 Å². The first-order chi connectivity index (χ1) is 14.8. The number of alkyl halides is 3. The summed E-state index contributed by atoms with van der Waals surface area (Å²) >= 11 is 1.37. The highest BCUT2D eigenvalue weighted by atomic mass is 32.2. The maximum atomic E-state index is 12.9. The number of hydrogen-bond donors (Lipinski definition) is 1. The van der Waals surface area contributed by atoms with Crippen LogP contribution in [0.15, 0.2) is 47.4 Å². The number of fused-ring (bicyclic) bond motifs is 2. The molecule has 0 aromatic heterocycles. The predicted molar refractivity (Wildman–Crippen MR) is 112 cm³/mol. The first kappa shape index (κ1) is 20.3. The Morgan fingerprint density at radius 3 is 2.26 bits per heavy atom. The Morgan fingerprint density at radius 2 is 1.58 bits per heavy atom. The highest BCUT2D eigenvalue weighted by Crippen LogP contribution is 2.47. The topological polar surface area (TPSA) is 55.4 Å². The van der Waals surface area contributed by atoms with Gasteiger partial charge >= 0.3 is 6.18 Å². The largest absolute Gasteiger partial charge is 0.484 e. The van der Waals surface area contributed by atoms with Gasteiger partial charge in [0.1, 0.15) is 16.3 Å². The molecule has 160 valence electrons. The Kier molecular flexibility index (Phi) is 4.75. The van der Waals surface area contributed by atoms with E-state index in [0.717, 1.165) is 38.1 Å². The van der Waals surface area contributed by atoms with Crippen LogP contribution in [-0.4, -0.2) is 36.0 Å². The van der Waals surface area contributed by atoms with Crippen LogP contribution in [0.3, 0.4) is 0 Å². The van der Waals surface area contributed by atoms with Crippen LogP contribution in [0.2, 0.25) is 0 Å². The second-order valence-electron chi connectivity index (χ2n) is 7.98. The molecule has 4 nitrogen and oxygen atoms in total. The Bertz CT molecular complexity index is 1120. The van der Waals surface area contributed by atoms with Gasteiger partial charge in [0.2, 0.25) is 11.6 Å². The number of rotatable bonds is 1. The van der Waals surface area contributed by atoms with Gasteiger partial charge in [-0.1, -0.05) is 18.2 Å². The molecule has 3 aliphatic rings. The van der Waals surface area contributed by atoms with E-state index in [2.05, 4.69) is 5.32 Å². The van der Waals surface area contributed by atoms with Crippen molar-refractivity contribution in [1.82, 2.24) is 5.32 Å². The van der Waals surface area contributed by atoms with Crippen LogP contribution >= 0.6 is 11.8 Å². The van der Waals surface area contributed by atoms with E-state index in [1.807, 2.05) is 0 Å². The molecule has 31 heavy (non-hydrogen) atoms. The lowest BCUT2D eigenvalue weighted by Gasteiger charge is -2.43. The summed E-state index contributed by atoms with van der Waals surface area (Å²) in [6, 6.07) is 9.81. The number of Topliss-reactive ketones (excluding diaryl/α,β-unsaturated/α-hetero) is 2. The van der Waals surface area contributed by atoms with Crippen molar-refractivity contribution in [1.29, 1.82) is 0 Å². The van der Waals surface area contributed by atoms with Gasteiger partial charge in [-0.05, 0) is 48.5 Å². The van der Waals surface area contributed by atoms with E-state index in [0.29, 0.717) is 33.1 Å². The molecule has 0 atom stereocenters. The molecule has 5 rings (SSSR count). The monoisotopic (exact) mass is 445 g/mol. The van der Waals surface area contributed by atoms with Gasteiger partial charge in [-0.2, -0.15) is 13.2 Å². The summed E-state index contributed by atoms with van der Waals surface area (Å²) < 4.78 is 45.1. The van der Waals surface area contributed by atoms with Gasteiger partial charge in [0.05, 0.1) is 5.56 Å². The van der Waals surface area contributed by atoms with Gasteiger partial charge in [-0.15, -0.1) is 11.8 Å². The van der Waals surface area contributed by atoms with Crippen molar-refractivity contribution in [3.63, 3.8) is 0 Å². The molecular formula is C23H18F3NO3S. The molecular weight excluding hydrogens is 427 g/mol. The number of hydrogen-bond acceptors (Lipinski definition) is 5. The van der Waals surface area contributed by atoms with Crippen molar-refractivity contribution < 1.29 is 27.5 Å². The van der Waals surface area contributed by atoms with Crippen molar-refractivity contribution in [3.8, 4) is 11.1 Å². The van der Waals surface area contributed by atoms with Crippen LogP contribution in [0, 0.1) is 0 Å². The van der Waals surface area contributed by atoms with Gasteiger partial charge in [0, 0.05) is 29.7 Å². The number of ketones is 2. The first-order valence-corrected chi connectivity index (χ1v) is 10.9. The zero-order valence-corrected chi connectivity index (χ0v) is 17.2. The lowest BCUT2D eigenvalue weighted by Crippen LogP contribution is -2.48. The molecule has 0 bridgehead atoms. The highest BCUT2D eigenvalue weighted by molar-refractivity contribution is 8.04. The summed E-state index contributed by atoms with van der Waals surface area (Å²) in [4.78, 5) is 25.6. The molecule has 0 amide bonds. The van der Waals surface area contributed by atoms with Gasteiger partial charge in [-0.3, -0.25) is 9.59 Å². The SMILES string of the molecule is O=C1C(=O)c2ccc(-c3ccc(C(F)(F)F)cc3)cc2C2=C1SCC1(CCNCC1)O2. The number of allylic oxidation sites excluding steroid dienone is 1. The molecule has 1 N–H and O–H groups in total. The second-order valence-corrected chi connectivity index (χ2v) is 8.96. The lowest BCUT2D eigenvalue weighted by atomic mass is 9.88. The number of piperidine rings is 1. The molecule has 1 aliphatic carbocycles. The first-order valence-electron chi connectivity index (χ1n) is 9.95. The molecule has 0 unspecified atom stereocenters. The smallest absolute Gasteiger partial charge is 0.416 e. The summed E-state index contributed by atoms with van der Waals surface area (Å²) in [6.07, 6.45) is -2.81. The van der Waals surface area contributed by atoms with Crippen molar-refractivity contribution in [3.05, 3.63) is 64.1 Å². The van der Waals surface area contributed by atoms with E-state index in [1.54, 1.807) is 18.2 Å². The number of nitrogens with one attached hydrogen (secondary N) is 1. The number of carbonyl (C=O) groups is 2. The van der Waals surface area contributed by atoms with Gasteiger partial charge in [0.25, 0.3) is 0 Å². The third kappa shape index (κ3) is 3.47. The third-order valence-corrected chi connectivity index (χ3v) is 7.32. The highest BCUT2D eigenvalue weighted by Gasteiger charge is 2.45. The Hall–Kier alpha value is -2.58. The Balaban J connectivity index is 1.57. The number of halogens is 3. The van der Waals surface area contributed by atoms with E-state index >= 15 is 0 Å². The number of thioether (sulfide) groups is 1. The average Bonchev–Trinajstić information content (AvgIpc) is 2.77. The summed E-state index contributed by atoms with van der Waals surface area (Å²) in [7, 11) is 0. The molecule has 2 aromatic carbocycles. The van der Waals surface area contributed by atoms with Gasteiger partial charge in [0.15, 0.2) is 0 Å². The lowest BCUT2D eigenvalue weighted by molar-refractivity contribution is -0.137. The van der Waals surface area contributed by atoms with E-state index < -0.39 is 28.9 Å².